The number of hydrogen-bond acceptors (Lipinski definition) is 8. The fourth-order valence-electron chi connectivity index (χ4n) is 5.64. The molecule has 0 aromatic carbocycles. The van der Waals surface area contributed by atoms with Gasteiger partial charge in [0.05, 0.1) is 26.4 Å². The first-order chi connectivity index (χ1) is 26.3. The summed E-state index contributed by atoms with van der Waals surface area (Å²) in [5, 5.41) is 18.3. The lowest BCUT2D eigenvalue weighted by atomic mass is 10.1. The standard InChI is InChI=1S/C44H81O9P/c1-3-5-7-9-11-13-15-17-19-20-21-22-24-26-28-30-32-34-36-44(47)53-43(41-52-54(48,49)51-39-42(46)38-45)40-50-37-35-33-31-29-27-25-23-18-16-14-12-10-8-6-4-2/h10,12-13,15-16,18-20,42-43,45-46H,3-9,11,14,17,21-41H2,1-2H3,(H,48,49)/b12-10-,15-13-,18-16-,20-19-. The Morgan fingerprint density at radius 1 is 0.574 bits per heavy atom. The third-order valence-corrected chi connectivity index (χ3v) is 9.94. The highest BCUT2D eigenvalue weighted by atomic mass is 31.2. The van der Waals surface area contributed by atoms with Crippen LogP contribution in [-0.2, 0) is 27.9 Å². The van der Waals surface area contributed by atoms with Gasteiger partial charge in [-0.3, -0.25) is 13.8 Å². The molecule has 54 heavy (non-hydrogen) atoms. The number of carbonyl (C=O) groups excluding carboxylic acids is 1. The number of carbonyl (C=O) groups is 1. The molecule has 3 atom stereocenters. The van der Waals surface area contributed by atoms with E-state index in [0.717, 1.165) is 70.6 Å². The molecule has 10 heteroatoms. The van der Waals surface area contributed by atoms with Gasteiger partial charge in [-0.1, -0.05) is 152 Å². The summed E-state index contributed by atoms with van der Waals surface area (Å²) < 4.78 is 33.3. The van der Waals surface area contributed by atoms with Gasteiger partial charge in [-0.05, 0) is 70.6 Å². The van der Waals surface area contributed by atoms with Gasteiger partial charge in [0.1, 0.15) is 12.2 Å². The number of phosphoric acid groups is 1. The molecule has 0 aromatic rings. The second-order valence-electron chi connectivity index (χ2n) is 14.4. The largest absolute Gasteiger partial charge is 0.472 e. The average Bonchev–Trinajstić information content (AvgIpc) is 3.16. The summed E-state index contributed by atoms with van der Waals surface area (Å²) in [6.07, 6.45) is 44.9. The highest BCUT2D eigenvalue weighted by Crippen LogP contribution is 2.43. The second kappa shape index (κ2) is 41.1. The molecule has 0 saturated carbocycles. The minimum Gasteiger partial charge on any atom is -0.457 e. The van der Waals surface area contributed by atoms with Crippen molar-refractivity contribution in [2.75, 3.05) is 33.0 Å². The number of ether oxygens (including phenoxy) is 2. The van der Waals surface area contributed by atoms with Crippen molar-refractivity contribution >= 4 is 13.8 Å². The Balaban J connectivity index is 4.21. The molecule has 0 radical (unpaired) electrons. The number of esters is 1. The van der Waals surface area contributed by atoms with Gasteiger partial charge >= 0.3 is 13.8 Å². The van der Waals surface area contributed by atoms with Crippen LogP contribution in [0.1, 0.15) is 181 Å². The third-order valence-electron chi connectivity index (χ3n) is 8.99. The van der Waals surface area contributed by atoms with Crippen molar-refractivity contribution in [2.24, 2.45) is 0 Å². The Kier molecular flexibility index (Phi) is 39.9. The van der Waals surface area contributed by atoms with E-state index in [2.05, 4.69) is 62.5 Å². The quantitative estimate of drug-likeness (QED) is 0.0240. The zero-order valence-electron chi connectivity index (χ0n) is 34.4. The van der Waals surface area contributed by atoms with Crippen LogP contribution in [0.3, 0.4) is 0 Å². The number of unbranched alkanes of at least 4 members (excludes halogenated alkanes) is 19. The van der Waals surface area contributed by atoms with E-state index in [-0.39, 0.29) is 19.6 Å². The van der Waals surface area contributed by atoms with Crippen molar-refractivity contribution in [3.63, 3.8) is 0 Å². The van der Waals surface area contributed by atoms with Crippen LogP contribution in [0.5, 0.6) is 0 Å². The van der Waals surface area contributed by atoms with E-state index in [4.69, 9.17) is 23.6 Å². The van der Waals surface area contributed by atoms with Gasteiger partial charge in [0.15, 0.2) is 0 Å². The molecule has 0 aliphatic carbocycles. The fraction of sp³-hybridized carbons (Fsp3) is 0.795. The van der Waals surface area contributed by atoms with E-state index in [1.165, 1.54) is 89.9 Å². The van der Waals surface area contributed by atoms with E-state index in [1.54, 1.807) is 0 Å². The minimum absolute atomic E-state index is 0.0378. The maximum absolute atomic E-state index is 12.6. The van der Waals surface area contributed by atoms with Crippen LogP contribution in [-0.4, -0.2) is 66.3 Å². The summed E-state index contributed by atoms with van der Waals surface area (Å²) in [6.45, 7) is 3.43. The molecule has 0 aliphatic heterocycles. The topological polar surface area (TPSA) is 132 Å². The highest BCUT2D eigenvalue weighted by molar-refractivity contribution is 7.47. The first kappa shape index (κ1) is 52.4. The fourth-order valence-corrected chi connectivity index (χ4v) is 6.43. The summed E-state index contributed by atoms with van der Waals surface area (Å²) in [4.78, 5) is 22.6. The van der Waals surface area contributed by atoms with Gasteiger partial charge < -0.3 is 24.6 Å². The highest BCUT2D eigenvalue weighted by Gasteiger charge is 2.26. The van der Waals surface area contributed by atoms with Crippen molar-refractivity contribution < 1.29 is 43.0 Å². The SMILES string of the molecule is CCCC/C=C\C/C=C\CCCCCCCCOCC(COP(=O)(O)OCC(O)CO)OC(=O)CCCCCCCCC/C=C\C/C=C\CCCCCC. The Morgan fingerprint density at radius 2 is 1.02 bits per heavy atom. The minimum atomic E-state index is -4.52. The zero-order valence-corrected chi connectivity index (χ0v) is 35.3. The molecule has 316 valence electrons. The van der Waals surface area contributed by atoms with Crippen molar-refractivity contribution in [3.05, 3.63) is 48.6 Å². The number of hydrogen-bond donors (Lipinski definition) is 3. The summed E-state index contributed by atoms with van der Waals surface area (Å²) in [5.41, 5.74) is 0. The molecule has 0 fully saturated rings. The van der Waals surface area contributed by atoms with Gasteiger partial charge in [-0.25, -0.2) is 4.57 Å². The number of rotatable bonds is 41. The molecule has 3 N–H and O–H groups in total. The van der Waals surface area contributed by atoms with E-state index in [0.29, 0.717) is 6.61 Å². The molecular formula is C44H81O9P. The van der Waals surface area contributed by atoms with E-state index < -0.39 is 39.2 Å². The van der Waals surface area contributed by atoms with Crippen LogP contribution in [0.15, 0.2) is 48.6 Å². The Hall–Kier alpha value is -1.58. The normalized spacial score (nSPS) is 14.5. The molecule has 0 rings (SSSR count). The molecule has 0 heterocycles. The maximum Gasteiger partial charge on any atom is 0.472 e. The Morgan fingerprint density at radius 3 is 1.54 bits per heavy atom. The van der Waals surface area contributed by atoms with Crippen molar-refractivity contribution in [1.82, 2.24) is 0 Å². The first-order valence-electron chi connectivity index (χ1n) is 21.6. The van der Waals surface area contributed by atoms with Crippen LogP contribution in [0.4, 0.5) is 0 Å². The summed E-state index contributed by atoms with van der Waals surface area (Å²) in [7, 11) is -4.52. The van der Waals surface area contributed by atoms with Crippen LogP contribution in [0.25, 0.3) is 0 Å². The van der Waals surface area contributed by atoms with E-state index in [1.807, 2.05) is 0 Å². The molecule has 0 aliphatic rings. The lowest BCUT2D eigenvalue weighted by Crippen LogP contribution is -2.29. The van der Waals surface area contributed by atoms with Gasteiger partial charge in [0, 0.05) is 13.0 Å². The zero-order chi connectivity index (χ0) is 39.6. The predicted octanol–water partition coefficient (Wildman–Crippen LogP) is 11.8. The third kappa shape index (κ3) is 40.1. The number of aliphatic hydroxyl groups is 2. The van der Waals surface area contributed by atoms with Crippen LogP contribution >= 0.6 is 7.82 Å². The lowest BCUT2D eigenvalue weighted by molar-refractivity contribution is -0.154. The monoisotopic (exact) mass is 785 g/mol. The number of aliphatic hydroxyl groups excluding tert-OH is 2. The lowest BCUT2D eigenvalue weighted by Gasteiger charge is -2.20. The maximum atomic E-state index is 12.6. The molecular weight excluding hydrogens is 703 g/mol. The molecule has 0 bridgehead atoms. The Labute approximate surface area is 330 Å². The smallest absolute Gasteiger partial charge is 0.457 e. The number of allylic oxidation sites excluding steroid dienone is 8. The summed E-state index contributed by atoms with van der Waals surface area (Å²) in [5.74, 6) is -0.395. The van der Waals surface area contributed by atoms with Gasteiger partial charge in [-0.2, -0.15) is 0 Å². The first-order valence-corrected chi connectivity index (χ1v) is 23.1. The van der Waals surface area contributed by atoms with Crippen molar-refractivity contribution in [2.45, 2.75) is 193 Å². The summed E-state index contributed by atoms with van der Waals surface area (Å²) >= 11 is 0. The second-order valence-corrected chi connectivity index (χ2v) is 15.8. The average molecular weight is 785 g/mol. The van der Waals surface area contributed by atoms with E-state index in [9.17, 15) is 19.4 Å². The van der Waals surface area contributed by atoms with Gasteiger partial charge in [-0.15, -0.1) is 0 Å². The number of phosphoric ester groups is 1. The molecule has 0 amide bonds. The van der Waals surface area contributed by atoms with Gasteiger partial charge in [0.2, 0.25) is 0 Å². The van der Waals surface area contributed by atoms with Gasteiger partial charge in [0.25, 0.3) is 0 Å². The van der Waals surface area contributed by atoms with E-state index >= 15 is 0 Å². The Bertz CT molecular complexity index is 981. The van der Waals surface area contributed by atoms with Crippen LogP contribution in [0, 0.1) is 0 Å². The van der Waals surface area contributed by atoms with Crippen LogP contribution < -0.4 is 0 Å². The molecule has 3 unspecified atom stereocenters. The molecule has 0 saturated heterocycles. The molecule has 0 aromatic heterocycles. The molecule has 9 nitrogen and oxygen atoms in total. The van der Waals surface area contributed by atoms with Crippen LogP contribution in [0.2, 0.25) is 0 Å². The van der Waals surface area contributed by atoms with Crippen molar-refractivity contribution in [1.29, 1.82) is 0 Å². The molecule has 0 spiro atoms. The van der Waals surface area contributed by atoms with Crippen molar-refractivity contribution in [3.8, 4) is 0 Å². The summed E-state index contributed by atoms with van der Waals surface area (Å²) in [6, 6.07) is 0. The predicted molar refractivity (Wildman–Crippen MR) is 223 cm³/mol.